The van der Waals surface area contributed by atoms with E-state index in [1.165, 1.54) is 18.4 Å². The predicted molar refractivity (Wildman–Crippen MR) is 96.8 cm³/mol. The van der Waals surface area contributed by atoms with E-state index in [1.54, 1.807) is 0 Å². The molecule has 0 spiro atoms. The number of hydrogen-bond acceptors (Lipinski definition) is 3. The van der Waals surface area contributed by atoms with Crippen LogP contribution in [0.4, 0.5) is 4.79 Å². The molecule has 0 aliphatic carbocycles. The van der Waals surface area contributed by atoms with E-state index in [9.17, 15) is 4.79 Å². The molecular weight excluding hydrogens is 302 g/mol. The van der Waals surface area contributed by atoms with Gasteiger partial charge in [-0.25, -0.2) is 4.79 Å². The third-order valence-corrected chi connectivity index (χ3v) is 4.70. The minimum Gasteiger partial charge on any atom is -0.394 e. The highest BCUT2D eigenvalue weighted by molar-refractivity contribution is 5.74. The van der Waals surface area contributed by atoms with Crippen molar-refractivity contribution in [2.24, 2.45) is 5.92 Å². The zero-order valence-corrected chi connectivity index (χ0v) is 14.7. The molecule has 1 aliphatic rings. The molecule has 24 heavy (non-hydrogen) atoms. The van der Waals surface area contributed by atoms with E-state index in [0.717, 1.165) is 32.5 Å². The van der Waals surface area contributed by atoms with Gasteiger partial charge in [0.15, 0.2) is 0 Å². The summed E-state index contributed by atoms with van der Waals surface area (Å²) in [4.78, 5) is 14.4. The first-order valence-electron chi connectivity index (χ1n) is 9.12. The molecule has 1 saturated heterocycles. The minimum atomic E-state index is -0.172. The molecule has 0 aromatic heterocycles. The van der Waals surface area contributed by atoms with Gasteiger partial charge in [0.2, 0.25) is 0 Å². The molecule has 3 N–H and O–H groups in total. The Labute approximate surface area is 145 Å². The number of rotatable bonds is 7. The Morgan fingerprint density at radius 3 is 2.83 bits per heavy atom. The van der Waals surface area contributed by atoms with Gasteiger partial charge in [0.25, 0.3) is 0 Å². The van der Waals surface area contributed by atoms with Gasteiger partial charge in [0.1, 0.15) is 0 Å². The van der Waals surface area contributed by atoms with Crippen LogP contribution in [0.25, 0.3) is 0 Å². The lowest BCUT2D eigenvalue weighted by atomic mass is 10.0. The summed E-state index contributed by atoms with van der Waals surface area (Å²) in [5.41, 5.74) is 1.34. The van der Waals surface area contributed by atoms with Crippen LogP contribution < -0.4 is 10.6 Å². The van der Waals surface area contributed by atoms with Crippen molar-refractivity contribution < 1.29 is 9.90 Å². The number of likely N-dealkylation sites (tertiary alicyclic amines) is 1. The standard InChI is InChI=1S/C19H31N3O2/c1-2-18(15-23)21-19(24)20-12-17-10-6-7-11-22(14-17)13-16-8-4-3-5-9-16/h3-5,8-9,17-18,23H,2,6-7,10-15H2,1H3,(H2,20,21,24)/t17?,18-/m1/s1. The molecule has 1 aromatic carbocycles. The number of aliphatic hydroxyl groups excluding tert-OH is 1. The highest BCUT2D eigenvalue weighted by atomic mass is 16.3. The van der Waals surface area contributed by atoms with Gasteiger partial charge < -0.3 is 15.7 Å². The van der Waals surface area contributed by atoms with Crippen LogP contribution in [-0.4, -0.2) is 48.3 Å². The number of benzene rings is 1. The lowest BCUT2D eigenvalue weighted by molar-refractivity contribution is 0.208. The summed E-state index contributed by atoms with van der Waals surface area (Å²) < 4.78 is 0. The molecule has 1 heterocycles. The van der Waals surface area contributed by atoms with Gasteiger partial charge in [-0.15, -0.1) is 0 Å². The van der Waals surface area contributed by atoms with E-state index in [0.29, 0.717) is 12.5 Å². The number of amides is 2. The van der Waals surface area contributed by atoms with Gasteiger partial charge >= 0.3 is 6.03 Å². The van der Waals surface area contributed by atoms with E-state index >= 15 is 0 Å². The molecule has 134 valence electrons. The summed E-state index contributed by atoms with van der Waals surface area (Å²) in [5, 5.41) is 14.9. The Bertz CT molecular complexity index is 477. The summed E-state index contributed by atoms with van der Waals surface area (Å²) in [6.45, 7) is 5.75. The second-order valence-corrected chi connectivity index (χ2v) is 6.72. The fourth-order valence-electron chi connectivity index (χ4n) is 3.22. The summed E-state index contributed by atoms with van der Waals surface area (Å²) in [6.07, 6.45) is 4.33. The molecule has 2 rings (SSSR count). The molecular formula is C19H31N3O2. The fraction of sp³-hybridized carbons (Fsp3) is 0.632. The van der Waals surface area contributed by atoms with Crippen molar-refractivity contribution in [3.63, 3.8) is 0 Å². The first-order chi connectivity index (χ1) is 11.7. The number of nitrogens with one attached hydrogen (secondary N) is 2. The minimum absolute atomic E-state index is 0.0157. The average Bonchev–Trinajstić information content (AvgIpc) is 2.84. The highest BCUT2D eigenvalue weighted by Gasteiger charge is 2.19. The predicted octanol–water partition coefficient (Wildman–Crippen LogP) is 2.36. The van der Waals surface area contributed by atoms with Crippen LogP contribution in [0.2, 0.25) is 0 Å². The summed E-state index contributed by atoms with van der Waals surface area (Å²) in [6, 6.07) is 10.2. The molecule has 2 atom stereocenters. The number of carbonyl (C=O) groups excluding carboxylic acids is 1. The molecule has 2 amide bonds. The first-order valence-corrected chi connectivity index (χ1v) is 9.12. The van der Waals surface area contributed by atoms with Gasteiger partial charge in [0, 0.05) is 19.6 Å². The number of aliphatic hydroxyl groups is 1. The normalized spacial score (nSPS) is 20.2. The lowest BCUT2D eigenvalue weighted by Gasteiger charge is -2.25. The Hall–Kier alpha value is -1.59. The quantitative estimate of drug-likeness (QED) is 0.718. The molecule has 5 nitrogen and oxygen atoms in total. The maximum Gasteiger partial charge on any atom is 0.315 e. The maximum absolute atomic E-state index is 11.9. The van der Waals surface area contributed by atoms with Gasteiger partial charge in [-0.05, 0) is 37.3 Å². The van der Waals surface area contributed by atoms with Crippen LogP contribution in [0.3, 0.4) is 0 Å². The molecule has 1 unspecified atom stereocenters. The molecule has 0 saturated carbocycles. The monoisotopic (exact) mass is 333 g/mol. The third kappa shape index (κ3) is 6.49. The van der Waals surface area contributed by atoms with Crippen LogP contribution in [0.5, 0.6) is 0 Å². The van der Waals surface area contributed by atoms with Crippen LogP contribution >= 0.6 is 0 Å². The molecule has 5 heteroatoms. The second-order valence-electron chi connectivity index (χ2n) is 6.72. The molecule has 1 fully saturated rings. The Balaban J connectivity index is 1.78. The molecule has 0 bridgehead atoms. The van der Waals surface area contributed by atoms with Crippen molar-refractivity contribution >= 4 is 6.03 Å². The summed E-state index contributed by atoms with van der Waals surface area (Å²) in [5.74, 6) is 0.483. The Kier molecular flexibility index (Phi) is 8.05. The Morgan fingerprint density at radius 1 is 1.33 bits per heavy atom. The van der Waals surface area contributed by atoms with Crippen molar-refractivity contribution in [1.82, 2.24) is 15.5 Å². The van der Waals surface area contributed by atoms with Gasteiger partial charge in [0.05, 0.1) is 12.6 Å². The largest absolute Gasteiger partial charge is 0.394 e. The van der Waals surface area contributed by atoms with Crippen molar-refractivity contribution in [3.05, 3.63) is 35.9 Å². The SMILES string of the molecule is CC[C@H](CO)NC(=O)NCC1CCCCN(Cc2ccccc2)C1. The van der Waals surface area contributed by atoms with E-state index in [2.05, 4.69) is 39.8 Å². The summed E-state index contributed by atoms with van der Waals surface area (Å²) in [7, 11) is 0. The third-order valence-electron chi connectivity index (χ3n) is 4.70. The van der Waals surface area contributed by atoms with Crippen LogP contribution in [0.1, 0.15) is 38.2 Å². The van der Waals surface area contributed by atoms with Crippen molar-refractivity contribution in [2.75, 3.05) is 26.2 Å². The Morgan fingerprint density at radius 2 is 2.12 bits per heavy atom. The van der Waals surface area contributed by atoms with Gasteiger partial charge in [-0.1, -0.05) is 43.7 Å². The smallest absolute Gasteiger partial charge is 0.315 e. The van der Waals surface area contributed by atoms with E-state index in [1.807, 2.05) is 13.0 Å². The van der Waals surface area contributed by atoms with Gasteiger partial charge in [-0.2, -0.15) is 0 Å². The van der Waals surface area contributed by atoms with Crippen molar-refractivity contribution in [3.8, 4) is 0 Å². The van der Waals surface area contributed by atoms with E-state index < -0.39 is 0 Å². The van der Waals surface area contributed by atoms with Crippen molar-refractivity contribution in [1.29, 1.82) is 0 Å². The molecule has 0 radical (unpaired) electrons. The zero-order chi connectivity index (χ0) is 17.2. The van der Waals surface area contributed by atoms with E-state index in [4.69, 9.17) is 5.11 Å². The topological polar surface area (TPSA) is 64.6 Å². The number of nitrogens with zero attached hydrogens (tertiary/aromatic N) is 1. The van der Waals surface area contributed by atoms with Crippen LogP contribution in [-0.2, 0) is 6.54 Å². The molecule has 1 aromatic rings. The number of carbonyl (C=O) groups is 1. The van der Waals surface area contributed by atoms with Crippen LogP contribution in [0.15, 0.2) is 30.3 Å². The molecule has 1 aliphatic heterocycles. The zero-order valence-electron chi connectivity index (χ0n) is 14.7. The fourth-order valence-corrected chi connectivity index (χ4v) is 3.22. The lowest BCUT2D eigenvalue weighted by Crippen LogP contribution is -2.45. The van der Waals surface area contributed by atoms with Crippen molar-refractivity contribution in [2.45, 2.75) is 45.2 Å². The highest BCUT2D eigenvalue weighted by Crippen LogP contribution is 2.18. The number of urea groups is 1. The van der Waals surface area contributed by atoms with Crippen LogP contribution in [0, 0.1) is 5.92 Å². The van der Waals surface area contributed by atoms with Gasteiger partial charge in [-0.3, -0.25) is 4.90 Å². The first kappa shape index (κ1) is 18.7. The maximum atomic E-state index is 11.9. The number of hydrogen-bond donors (Lipinski definition) is 3. The second kappa shape index (κ2) is 10.3. The van der Waals surface area contributed by atoms with E-state index in [-0.39, 0.29) is 18.7 Å². The average molecular weight is 333 g/mol. The summed E-state index contributed by atoms with van der Waals surface area (Å²) >= 11 is 0.